The van der Waals surface area contributed by atoms with Crippen LogP contribution in [0.4, 0.5) is 0 Å². The number of aromatic nitrogens is 2. The highest BCUT2D eigenvalue weighted by atomic mass is 16.5. The highest BCUT2D eigenvalue weighted by Gasteiger charge is 2.26. The first-order valence-electron chi connectivity index (χ1n) is 9.18. The molecule has 0 amide bonds. The van der Waals surface area contributed by atoms with Crippen LogP contribution in [-0.2, 0) is 19.4 Å². The highest BCUT2D eigenvalue weighted by molar-refractivity contribution is 5.78. The van der Waals surface area contributed by atoms with Gasteiger partial charge in [-0.3, -0.25) is 0 Å². The smallest absolute Gasteiger partial charge is 0.171 e. The lowest BCUT2D eigenvalue weighted by atomic mass is 9.91. The lowest BCUT2D eigenvalue weighted by Gasteiger charge is -2.14. The summed E-state index contributed by atoms with van der Waals surface area (Å²) in [6.45, 7) is 0.776. The molecule has 0 spiro atoms. The Bertz CT molecular complexity index is 1090. The summed E-state index contributed by atoms with van der Waals surface area (Å²) in [6, 6.07) is 18.8. The summed E-state index contributed by atoms with van der Waals surface area (Å²) in [5.41, 5.74) is 7.39. The fourth-order valence-electron chi connectivity index (χ4n) is 4.00. The van der Waals surface area contributed by atoms with Crippen molar-refractivity contribution < 1.29 is 9.26 Å². The molecule has 2 aromatic carbocycles. The molecule has 0 fully saturated rings. The van der Waals surface area contributed by atoms with Crippen LogP contribution in [0.1, 0.15) is 16.7 Å². The topological polar surface area (TPSA) is 40.2 Å². The van der Waals surface area contributed by atoms with Crippen molar-refractivity contribution in [3.63, 3.8) is 0 Å². The fraction of sp³-hybridized carbons (Fsp3) is 0.174. The molecular formula is C23H20N2O2. The second kappa shape index (κ2) is 6.47. The normalized spacial score (nSPS) is 12.5. The second-order valence-electron chi connectivity index (χ2n) is 6.90. The minimum absolute atomic E-state index is 0.776. The average molecular weight is 356 g/mol. The van der Waals surface area contributed by atoms with E-state index in [2.05, 4.69) is 58.4 Å². The zero-order valence-corrected chi connectivity index (χ0v) is 15.2. The summed E-state index contributed by atoms with van der Waals surface area (Å²) in [7, 11) is 1.70. The van der Waals surface area contributed by atoms with Gasteiger partial charge in [-0.15, -0.1) is 0 Å². The number of nitrogens with zero attached hydrogens (tertiary/aromatic N) is 2. The van der Waals surface area contributed by atoms with Gasteiger partial charge >= 0.3 is 0 Å². The number of benzene rings is 2. The molecule has 1 aliphatic rings. The molecule has 0 N–H and O–H groups in total. The number of aryl methyl sites for hydroxylation is 1. The largest absolute Gasteiger partial charge is 0.497 e. The quantitative estimate of drug-likeness (QED) is 0.518. The van der Waals surface area contributed by atoms with E-state index in [0.29, 0.717) is 0 Å². The van der Waals surface area contributed by atoms with Crippen LogP contribution in [0, 0.1) is 0 Å². The lowest BCUT2D eigenvalue weighted by molar-refractivity contribution is 0.414. The molecule has 0 atom stereocenters. The van der Waals surface area contributed by atoms with Gasteiger partial charge in [0, 0.05) is 23.9 Å². The molecule has 4 heteroatoms. The first kappa shape index (κ1) is 15.9. The Balaban J connectivity index is 1.66. The van der Waals surface area contributed by atoms with Crippen molar-refractivity contribution in [2.75, 3.05) is 7.11 Å². The van der Waals surface area contributed by atoms with Crippen LogP contribution in [0.15, 0.2) is 71.5 Å². The Morgan fingerprint density at radius 1 is 1.07 bits per heavy atom. The van der Waals surface area contributed by atoms with Gasteiger partial charge in [0.15, 0.2) is 5.76 Å². The summed E-state index contributed by atoms with van der Waals surface area (Å²) in [6.07, 6.45) is 6.02. The van der Waals surface area contributed by atoms with Crippen LogP contribution < -0.4 is 4.74 Å². The van der Waals surface area contributed by atoms with Gasteiger partial charge in [0.05, 0.1) is 19.0 Å². The third-order valence-corrected chi connectivity index (χ3v) is 5.25. The highest BCUT2D eigenvalue weighted by Crippen LogP contribution is 2.40. The number of fused-ring (bicyclic) bond motifs is 3. The van der Waals surface area contributed by atoms with E-state index in [1.807, 2.05) is 18.3 Å². The van der Waals surface area contributed by atoms with Gasteiger partial charge < -0.3 is 13.8 Å². The Kier molecular flexibility index (Phi) is 3.82. The van der Waals surface area contributed by atoms with E-state index < -0.39 is 0 Å². The number of ether oxygens (including phenoxy) is 1. The minimum Gasteiger partial charge on any atom is -0.497 e. The minimum atomic E-state index is 0.776. The molecule has 0 saturated heterocycles. The van der Waals surface area contributed by atoms with E-state index in [1.54, 1.807) is 7.11 Å². The van der Waals surface area contributed by atoms with Gasteiger partial charge in [-0.05, 0) is 41.7 Å². The Labute approximate surface area is 158 Å². The standard InChI is InChI=1S/C23H20N2O2/c1-26-19-9-5-6-16(12-19)14-25-15-21-20(11-10-18-13-24-27-23(18)21)22(25)17-7-3-2-4-8-17/h2-9,12-13,15H,10-11,14H2,1H3. The van der Waals surface area contributed by atoms with E-state index in [1.165, 1.54) is 27.9 Å². The molecule has 4 aromatic rings. The van der Waals surface area contributed by atoms with Gasteiger partial charge in [0.1, 0.15) is 5.75 Å². The van der Waals surface area contributed by atoms with Crippen LogP contribution in [-0.4, -0.2) is 16.8 Å². The maximum absolute atomic E-state index is 5.59. The molecule has 0 unspecified atom stereocenters. The van der Waals surface area contributed by atoms with Gasteiger partial charge in [-0.1, -0.05) is 47.6 Å². The predicted molar refractivity (Wildman–Crippen MR) is 105 cm³/mol. The summed E-state index contributed by atoms with van der Waals surface area (Å²) >= 11 is 0. The molecule has 2 aromatic heterocycles. The molecule has 27 heavy (non-hydrogen) atoms. The Morgan fingerprint density at radius 3 is 2.81 bits per heavy atom. The molecule has 1 aliphatic carbocycles. The van der Waals surface area contributed by atoms with Crippen molar-refractivity contribution in [2.24, 2.45) is 0 Å². The molecule has 0 radical (unpaired) electrons. The van der Waals surface area contributed by atoms with Gasteiger partial charge in [0.25, 0.3) is 0 Å². The van der Waals surface area contributed by atoms with E-state index in [0.717, 1.165) is 36.5 Å². The monoisotopic (exact) mass is 356 g/mol. The Hall–Kier alpha value is -3.27. The van der Waals surface area contributed by atoms with Crippen molar-refractivity contribution >= 4 is 0 Å². The first-order chi connectivity index (χ1) is 13.3. The van der Waals surface area contributed by atoms with Crippen molar-refractivity contribution in [3.05, 3.63) is 83.7 Å². The Morgan fingerprint density at radius 2 is 1.96 bits per heavy atom. The summed E-state index contributed by atoms with van der Waals surface area (Å²) in [5.74, 6) is 1.79. The maximum atomic E-state index is 5.59. The van der Waals surface area contributed by atoms with Crippen LogP contribution in [0.5, 0.6) is 5.75 Å². The molecule has 0 aliphatic heterocycles. The van der Waals surface area contributed by atoms with Gasteiger partial charge in [-0.25, -0.2) is 0 Å². The van der Waals surface area contributed by atoms with Crippen LogP contribution in [0.2, 0.25) is 0 Å². The lowest BCUT2D eigenvalue weighted by Crippen LogP contribution is -2.03. The van der Waals surface area contributed by atoms with Crippen molar-refractivity contribution in [2.45, 2.75) is 19.4 Å². The SMILES string of the molecule is COc1cccc(Cn2cc3c(c2-c2ccccc2)CCc2cnoc2-3)c1. The molecule has 5 rings (SSSR count). The zero-order valence-electron chi connectivity index (χ0n) is 15.2. The van der Waals surface area contributed by atoms with Crippen LogP contribution in [0.25, 0.3) is 22.6 Å². The van der Waals surface area contributed by atoms with E-state index in [4.69, 9.17) is 9.26 Å². The number of rotatable bonds is 4. The maximum Gasteiger partial charge on any atom is 0.171 e. The fourth-order valence-corrected chi connectivity index (χ4v) is 4.00. The van der Waals surface area contributed by atoms with E-state index in [9.17, 15) is 0 Å². The van der Waals surface area contributed by atoms with Crippen LogP contribution >= 0.6 is 0 Å². The van der Waals surface area contributed by atoms with Gasteiger partial charge in [0.2, 0.25) is 0 Å². The van der Waals surface area contributed by atoms with Gasteiger partial charge in [-0.2, -0.15) is 0 Å². The average Bonchev–Trinajstić information content (AvgIpc) is 3.32. The predicted octanol–water partition coefficient (Wildman–Crippen LogP) is 4.97. The zero-order chi connectivity index (χ0) is 18.2. The molecule has 0 saturated carbocycles. The molecule has 4 nitrogen and oxygen atoms in total. The third kappa shape index (κ3) is 2.74. The van der Waals surface area contributed by atoms with Crippen LogP contribution in [0.3, 0.4) is 0 Å². The number of hydrogen-bond acceptors (Lipinski definition) is 3. The van der Waals surface area contributed by atoms with Crippen molar-refractivity contribution in [1.82, 2.24) is 9.72 Å². The van der Waals surface area contributed by atoms with E-state index in [-0.39, 0.29) is 0 Å². The number of methoxy groups -OCH3 is 1. The second-order valence-corrected chi connectivity index (χ2v) is 6.90. The molecule has 0 bridgehead atoms. The first-order valence-corrected chi connectivity index (χ1v) is 9.18. The number of hydrogen-bond donors (Lipinski definition) is 0. The molecular weight excluding hydrogens is 336 g/mol. The molecule has 2 heterocycles. The van der Waals surface area contributed by atoms with Crippen molar-refractivity contribution in [1.29, 1.82) is 0 Å². The molecule has 134 valence electrons. The summed E-state index contributed by atoms with van der Waals surface area (Å²) in [4.78, 5) is 0. The third-order valence-electron chi connectivity index (χ3n) is 5.25. The van der Waals surface area contributed by atoms with Crippen molar-refractivity contribution in [3.8, 4) is 28.3 Å². The summed E-state index contributed by atoms with van der Waals surface area (Å²) < 4.78 is 13.3. The summed E-state index contributed by atoms with van der Waals surface area (Å²) in [5, 5.41) is 4.02. The van der Waals surface area contributed by atoms with E-state index >= 15 is 0 Å².